The predicted octanol–water partition coefficient (Wildman–Crippen LogP) is 3.36. The molecule has 5 nitrogen and oxygen atoms in total. The van der Waals surface area contributed by atoms with E-state index < -0.39 is 9.84 Å². The average Bonchev–Trinajstić information content (AvgIpc) is 3.15. The SMILES string of the molecule is CCOc1ccc(N(Cc2ccccc2)C2=N[C@@H]3CS(=O)(=O)C[C@H]3S2)cc1. The third-order valence-corrected chi connectivity index (χ3v) is 7.93. The number of aliphatic imine (C=N–C) groups is 1. The summed E-state index contributed by atoms with van der Waals surface area (Å²) >= 11 is 1.59. The lowest BCUT2D eigenvalue weighted by Gasteiger charge is -2.25. The van der Waals surface area contributed by atoms with Gasteiger partial charge < -0.3 is 9.64 Å². The third-order valence-electron chi connectivity index (χ3n) is 4.68. The highest BCUT2D eigenvalue weighted by molar-refractivity contribution is 8.15. The maximum absolute atomic E-state index is 11.9. The van der Waals surface area contributed by atoms with E-state index in [0.29, 0.717) is 13.2 Å². The van der Waals surface area contributed by atoms with Gasteiger partial charge in [0.25, 0.3) is 0 Å². The summed E-state index contributed by atoms with van der Waals surface area (Å²) in [5.41, 5.74) is 2.20. The van der Waals surface area contributed by atoms with Crippen molar-refractivity contribution >= 4 is 32.5 Å². The highest BCUT2D eigenvalue weighted by Crippen LogP contribution is 2.37. The Balaban J connectivity index is 1.62. The average molecular weight is 403 g/mol. The molecule has 2 heterocycles. The summed E-state index contributed by atoms with van der Waals surface area (Å²) in [5, 5.41) is 0.930. The Morgan fingerprint density at radius 1 is 1.11 bits per heavy atom. The van der Waals surface area contributed by atoms with Crippen molar-refractivity contribution in [2.45, 2.75) is 24.8 Å². The van der Waals surface area contributed by atoms with Crippen LogP contribution >= 0.6 is 11.8 Å². The number of nitrogens with zero attached hydrogens (tertiary/aromatic N) is 2. The summed E-state index contributed by atoms with van der Waals surface area (Å²) in [7, 11) is -2.95. The van der Waals surface area contributed by atoms with Crippen molar-refractivity contribution in [1.29, 1.82) is 0 Å². The van der Waals surface area contributed by atoms with Crippen LogP contribution in [-0.4, -0.2) is 43.0 Å². The zero-order valence-corrected chi connectivity index (χ0v) is 16.7. The van der Waals surface area contributed by atoms with E-state index in [-0.39, 0.29) is 22.8 Å². The summed E-state index contributed by atoms with van der Waals surface area (Å²) in [5.74, 6) is 1.22. The second kappa shape index (κ2) is 7.56. The maximum Gasteiger partial charge on any atom is 0.164 e. The maximum atomic E-state index is 11.9. The first-order valence-corrected chi connectivity index (χ1v) is 11.7. The van der Waals surface area contributed by atoms with Crippen LogP contribution in [0.3, 0.4) is 0 Å². The first-order chi connectivity index (χ1) is 13.0. The molecule has 0 spiro atoms. The second-order valence-electron chi connectivity index (χ2n) is 6.71. The molecule has 1 saturated heterocycles. The molecular formula is C20H22N2O3S2. The van der Waals surface area contributed by atoms with Gasteiger partial charge in [0.15, 0.2) is 15.0 Å². The van der Waals surface area contributed by atoms with Crippen molar-refractivity contribution in [3.05, 3.63) is 60.2 Å². The standard InChI is InChI=1S/C20H22N2O3S2/c1-2-25-17-10-8-16(9-11-17)22(12-15-6-4-3-5-7-15)20-21-18-13-27(23,24)14-19(18)26-20/h3-11,18-19H,2,12-14H2,1H3/t18-,19-/m1/s1. The largest absolute Gasteiger partial charge is 0.494 e. The minimum absolute atomic E-state index is 0.0333. The molecule has 2 aliphatic heterocycles. The third kappa shape index (κ3) is 4.14. The molecule has 0 amide bonds. The van der Waals surface area contributed by atoms with Gasteiger partial charge in [-0.25, -0.2) is 8.42 Å². The lowest BCUT2D eigenvalue weighted by molar-refractivity contribution is 0.340. The van der Waals surface area contributed by atoms with Gasteiger partial charge in [-0.1, -0.05) is 42.1 Å². The lowest BCUT2D eigenvalue weighted by atomic mass is 10.2. The molecule has 0 unspecified atom stereocenters. The van der Waals surface area contributed by atoms with Gasteiger partial charge in [0, 0.05) is 10.9 Å². The Hall–Kier alpha value is -1.99. The van der Waals surface area contributed by atoms with Crippen LogP contribution < -0.4 is 9.64 Å². The number of thioether (sulfide) groups is 1. The summed E-state index contributed by atoms with van der Waals surface area (Å²) in [4.78, 5) is 6.94. The topological polar surface area (TPSA) is 59.0 Å². The number of rotatable bonds is 5. The van der Waals surface area contributed by atoms with E-state index in [1.54, 1.807) is 11.8 Å². The van der Waals surface area contributed by atoms with Crippen LogP contribution in [0.4, 0.5) is 5.69 Å². The first-order valence-electron chi connectivity index (χ1n) is 9.03. The molecule has 7 heteroatoms. The Bertz CT molecular complexity index is 927. The summed E-state index contributed by atoms with van der Waals surface area (Å²) < 4.78 is 29.3. The van der Waals surface area contributed by atoms with Crippen molar-refractivity contribution in [2.75, 3.05) is 23.0 Å². The van der Waals surface area contributed by atoms with E-state index in [9.17, 15) is 8.42 Å². The van der Waals surface area contributed by atoms with Gasteiger partial charge in [-0.05, 0) is 36.8 Å². The molecule has 142 valence electrons. The number of ether oxygens (including phenoxy) is 1. The van der Waals surface area contributed by atoms with E-state index in [2.05, 4.69) is 17.0 Å². The van der Waals surface area contributed by atoms with Gasteiger partial charge in [0.05, 0.1) is 30.7 Å². The van der Waals surface area contributed by atoms with Crippen LogP contribution in [0.2, 0.25) is 0 Å². The molecule has 0 radical (unpaired) electrons. The van der Waals surface area contributed by atoms with Crippen LogP contribution in [0.15, 0.2) is 59.6 Å². The fraction of sp³-hybridized carbons (Fsp3) is 0.350. The Kier molecular flexibility index (Phi) is 5.14. The molecule has 0 bridgehead atoms. The minimum Gasteiger partial charge on any atom is -0.494 e. The molecular weight excluding hydrogens is 380 g/mol. The molecule has 0 aliphatic carbocycles. The molecule has 0 aromatic heterocycles. The summed E-state index contributed by atoms with van der Waals surface area (Å²) in [6.45, 7) is 3.28. The van der Waals surface area contributed by atoms with Gasteiger partial charge in [0.2, 0.25) is 0 Å². The summed E-state index contributed by atoms with van der Waals surface area (Å²) in [6.07, 6.45) is 0. The van der Waals surface area contributed by atoms with E-state index in [1.165, 1.54) is 5.56 Å². The van der Waals surface area contributed by atoms with Crippen molar-refractivity contribution in [1.82, 2.24) is 0 Å². The van der Waals surface area contributed by atoms with Crippen LogP contribution in [0.5, 0.6) is 5.75 Å². The molecule has 0 saturated carbocycles. The number of benzene rings is 2. The molecule has 2 atom stereocenters. The van der Waals surface area contributed by atoms with E-state index in [0.717, 1.165) is 16.6 Å². The Labute approximate surface area is 164 Å². The minimum atomic E-state index is -2.95. The number of fused-ring (bicyclic) bond motifs is 1. The van der Waals surface area contributed by atoms with Crippen molar-refractivity contribution in [3.8, 4) is 5.75 Å². The number of hydrogen-bond donors (Lipinski definition) is 0. The van der Waals surface area contributed by atoms with Gasteiger partial charge in [0.1, 0.15) is 5.75 Å². The molecule has 2 aromatic carbocycles. The van der Waals surface area contributed by atoms with Gasteiger partial charge in [-0.15, -0.1) is 0 Å². The number of sulfone groups is 1. The number of anilines is 1. The van der Waals surface area contributed by atoms with Gasteiger partial charge in [-0.2, -0.15) is 0 Å². The Morgan fingerprint density at radius 3 is 2.52 bits per heavy atom. The number of amidine groups is 1. The van der Waals surface area contributed by atoms with E-state index >= 15 is 0 Å². The zero-order chi connectivity index (χ0) is 18.9. The highest BCUT2D eigenvalue weighted by Gasteiger charge is 2.43. The van der Waals surface area contributed by atoms with E-state index in [4.69, 9.17) is 9.73 Å². The van der Waals surface area contributed by atoms with Gasteiger partial charge >= 0.3 is 0 Å². The molecule has 27 heavy (non-hydrogen) atoms. The monoisotopic (exact) mass is 402 g/mol. The predicted molar refractivity (Wildman–Crippen MR) is 111 cm³/mol. The second-order valence-corrected chi connectivity index (χ2v) is 10.1. The quantitative estimate of drug-likeness (QED) is 0.768. The number of hydrogen-bond acceptors (Lipinski definition) is 6. The van der Waals surface area contributed by atoms with Crippen molar-refractivity contribution in [3.63, 3.8) is 0 Å². The lowest BCUT2D eigenvalue weighted by Crippen LogP contribution is -2.28. The van der Waals surface area contributed by atoms with Crippen LogP contribution in [0, 0.1) is 0 Å². The van der Waals surface area contributed by atoms with Crippen LogP contribution in [-0.2, 0) is 16.4 Å². The van der Waals surface area contributed by atoms with E-state index in [1.807, 2.05) is 49.4 Å². The fourth-order valence-corrected chi connectivity index (χ4v) is 7.18. The summed E-state index contributed by atoms with van der Waals surface area (Å²) in [6, 6.07) is 18.1. The Morgan fingerprint density at radius 2 is 1.85 bits per heavy atom. The molecule has 2 aromatic rings. The van der Waals surface area contributed by atoms with Crippen LogP contribution in [0.25, 0.3) is 0 Å². The molecule has 2 aliphatic rings. The first kappa shape index (κ1) is 18.4. The zero-order valence-electron chi connectivity index (χ0n) is 15.1. The smallest absolute Gasteiger partial charge is 0.164 e. The molecule has 1 fully saturated rings. The highest BCUT2D eigenvalue weighted by atomic mass is 32.2. The van der Waals surface area contributed by atoms with Gasteiger partial charge in [-0.3, -0.25) is 4.99 Å². The van der Waals surface area contributed by atoms with Crippen molar-refractivity contribution < 1.29 is 13.2 Å². The molecule has 0 N–H and O–H groups in total. The molecule has 4 rings (SSSR count). The van der Waals surface area contributed by atoms with Crippen molar-refractivity contribution in [2.24, 2.45) is 4.99 Å². The van der Waals surface area contributed by atoms with Crippen LogP contribution in [0.1, 0.15) is 12.5 Å². The fourth-order valence-electron chi connectivity index (χ4n) is 3.40. The normalized spacial score (nSPS) is 22.9.